The van der Waals surface area contributed by atoms with E-state index in [-0.39, 0.29) is 12.1 Å². The van der Waals surface area contributed by atoms with Crippen molar-refractivity contribution in [3.05, 3.63) is 16.6 Å². The van der Waals surface area contributed by atoms with E-state index in [1.807, 2.05) is 11.7 Å². The van der Waals surface area contributed by atoms with Crippen LogP contribution in [0.5, 0.6) is 0 Å². The van der Waals surface area contributed by atoms with Crippen LogP contribution in [0.4, 0.5) is 0 Å². The predicted molar refractivity (Wildman–Crippen MR) is 43.4 cm³/mol. The van der Waals surface area contributed by atoms with Gasteiger partial charge in [0.15, 0.2) is 0 Å². The maximum Gasteiger partial charge on any atom is 0.108 e. The molecule has 1 aliphatic heterocycles. The van der Waals surface area contributed by atoms with Crippen molar-refractivity contribution in [2.75, 3.05) is 6.61 Å². The minimum Gasteiger partial charge on any atom is -0.371 e. The quantitative estimate of drug-likeness (QED) is 0.682. The second kappa shape index (κ2) is 2.89. The molecule has 0 bridgehead atoms. The van der Waals surface area contributed by atoms with E-state index in [1.54, 1.807) is 11.3 Å². The van der Waals surface area contributed by atoms with Crippen LogP contribution >= 0.6 is 11.3 Å². The standard InChI is InChI=1S/C7H10N2OS/c8-5-1-2-10-7(5)6-3-9-4-11-6/h3-5,7H,1-2,8H2. The lowest BCUT2D eigenvalue weighted by Gasteiger charge is -2.10. The molecule has 2 rings (SSSR count). The molecule has 3 nitrogen and oxygen atoms in total. The molecule has 11 heavy (non-hydrogen) atoms. The molecule has 1 aliphatic rings. The van der Waals surface area contributed by atoms with E-state index in [2.05, 4.69) is 4.98 Å². The first-order valence-corrected chi connectivity index (χ1v) is 4.51. The summed E-state index contributed by atoms with van der Waals surface area (Å²) < 4.78 is 5.46. The fourth-order valence-electron chi connectivity index (χ4n) is 1.27. The number of nitrogens with zero attached hydrogens (tertiary/aromatic N) is 1. The summed E-state index contributed by atoms with van der Waals surface area (Å²) in [5.74, 6) is 0. The zero-order valence-electron chi connectivity index (χ0n) is 6.06. The first kappa shape index (κ1) is 7.21. The lowest BCUT2D eigenvalue weighted by Crippen LogP contribution is -2.22. The minimum absolute atomic E-state index is 0.0995. The smallest absolute Gasteiger partial charge is 0.108 e. The highest BCUT2D eigenvalue weighted by atomic mass is 32.1. The summed E-state index contributed by atoms with van der Waals surface area (Å²) in [4.78, 5) is 5.13. The van der Waals surface area contributed by atoms with Gasteiger partial charge in [-0.25, -0.2) is 0 Å². The molecule has 0 aromatic carbocycles. The van der Waals surface area contributed by atoms with Crippen LogP contribution in [-0.4, -0.2) is 17.6 Å². The van der Waals surface area contributed by atoms with Crippen molar-refractivity contribution in [1.29, 1.82) is 0 Å². The van der Waals surface area contributed by atoms with Gasteiger partial charge < -0.3 is 10.5 Å². The molecule has 2 N–H and O–H groups in total. The van der Waals surface area contributed by atoms with Crippen LogP contribution in [0, 0.1) is 0 Å². The van der Waals surface area contributed by atoms with Gasteiger partial charge in [0.25, 0.3) is 0 Å². The maximum absolute atomic E-state index is 5.82. The van der Waals surface area contributed by atoms with Crippen LogP contribution < -0.4 is 5.73 Å². The van der Waals surface area contributed by atoms with Gasteiger partial charge in [0.05, 0.1) is 10.4 Å². The zero-order chi connectivity index (χ0) is 7.68. The first-order chi connectivity index (χ1) is 5.38. The molecule has 1 fully saturated rings. The van der Waals surface area contributed by atoms with Gasteiger partial charge in [0.1, 0.15) is 6.10 Å². The van der Waals surface area contributed by atoms with Crippen molar-refractivity contribution < 1.29 is 4.74 Å². The van der Waals surface area contributed by atoms with Crippen molar-refractivity contribution in [2.24, 2.45) is 5.73 Å². The molecule has 0 amide bonds. The fourth-order valence-corrected chi connectivity index (χ4v) is 2.01. The molecule has 2 atom stereocenters. The molecule has 0 spiro atoms. The number of ether oxygens (including phenoxy) is 1. The molecule has 0 radical (unpaired) electrons. The fraction of sp³-hybridized carbons (Fsp3) is 0.571. The third-order valence-electron chi connectivity index (χ3n) is 1.87. The average Bonchev–Trinajstić information content (AvgIpc) is 2.55. The van der Waals surface area contributed by atoms with Gasteiger partial charge >= 0.3 is 0 Å². The van der Waals surface area contributed by atoms with Crippen molar-refractivity contribution in [1.82, 2.24) is 4.98 Å². The SMILES string of the molecule is NC1CCOC1c1cncs1. The van der Waals surface area contributed by atoms with Gasteiger partial charge in [0, 0.05) is 18.8 Å². The summed E-state index contributed by atoms with van der Waals surface area (Å²) in [6.07, 6.45) is 2.89. The topological polar surface area (TPSA) is 48.1 Å². The molecule has 2 unspecified atom stereocenters. The van der Waals surface area contributed by atoms with E-state index >= 15 is 0 Å². The van der Waals surface area contributed by atoms with E-state index in [4.69, 9.17) is 10.5 Å². The van der Waals surface area contributed by atoms with Gasteiger partial charge in [-0.3, -0.25) is 4.98 Å². The molecule has 1 aromatic rings. The number of nitrogens with two attached hydrogens (primary N) is 1. The third kappa shape index (κ3) is 1.29. The maximum atomic E-state index is 5.82. The third-order valence-corrected chi connectivity index (χ3v) is 2.71. The Morgan fingerprint density at radius 1 is 1.73 bits per heavy atom. The Morgan fingerprint density at radius 2 is 2.64 bits per heavy atom. The molecule has 0 aliphatic carbocycles. The lowest BCUT2D eigenvalue weighted by molar-refractivity contribution is 0.107. The van der Waals surface area contributed by atoms with E-state index < -0.39 is 0 Å². The number of aromatic nitrogens is 1. The Kier molecular flexibility index (Phi) is 1.89. The second-order valence-corrected chi connectivity index (χ2v) is 3.57. The van der Waals surface area contributed by atoms with Crippen LogP contribution in [0.1, 0.15) is 17.4 Å². The van der Waals surface area contributed by atoms with Gasteiger partial charge in [-0.05, 0) is 6.42 Å². The summed E-state index contributed by atoms with van der Waals surface area (Å²) in [6, 6.07) is 0.162. The van der Waals surface area contributed by atoms with Crippen LogP contribution in [-0.2, 0) is 4.74 Å². The van der Waals surface area contributed by atoms with Crippen LogP contribution in [0.15, 0.2) is 11.7 Å². The molecular formula is C7H10N2OS. The van der Waals surface area contributed by atoms with Crippen molar-refractivity contribution >= 4 is 11.3 Å². The number of rotatable bonds is 1. The molecule has 2 heterocycles. The molecule has 1 aromatic heterocycles. The van der Waals surface area contributed by atoms with Gasteiger partial charge in [-0.2, -0.15) is 0 Å². The van der Waals surface area contributed by atoms with E-state index in [1.165, 1.54) is 0 Å². The largest absolute Gasteiger partial charge is 0.371 e. The average molecular weight is 170 g/mol. The lowest BCUT2D eigenvalue weighted by atomic mass is 10.1. The summed E-state index contributed by atoms with van der Waals surface area (Å²) >= 11 is 1.61. The summed E-state index contributed by atoms with van der Waals surface area (Å²) in [5.41, 5.74) is 7.63. The van der Waals surface area contributed by atoms with E-state index in [9.17, 15) is 0 Å². The van der Waals surface area contributed by atoms with Crippen molar-refractivity contribution in [3.8, 4) is 0 Å². The van der Waals surface area contributed by atoms with E-state index in [0.717, 1.165) is 17.9 Å². The second-order valence-electron chi connectivity index (χ2n) is 2.65. The van der Waals surface area contributed by atoms with Crippen LogP contribution in [0.2, 0.25) is 0 Å². The predicted octanol–water partition coefficient (Wildman–Crippen LogP) is 0.932. The van der Waals surface area contributed by atoms with Gasteiger partial charge in [0.2, 0.25) is 0 Å². The Labute approximate surface area is 69.2 Å². The number of hydrogen-bond acceptors (Lipinski definition) is 4. The van der Waals surface area contributed by atoms with Crippen LogP contribution in [0.3, 0.4) is 0 Å². The summed E-state index contributed by atoms with van der Waals surface area (Å²) in [6.45, 7) is 0.781. The van der Waals surface area contributed by atoms with Crippen molar-refractivity contribution in [3.63, 3.8) is 0 Å². The molecule has 4 heteroatoms. The zero-order valence-corrected chi connectivity index (χ0v) is 6.88. The summed E-state index contributed by atoms with van der Waals surface area (Å²) in [7, 11) is 0. The Bertz CT molecular complexity index is 224. The van der Waals surface area contributed by atoms with E-state index in [0.29, 0.717) is 0 Å². The number of thiazole rings is 1. The molecule has 1 saturated heterocycles. The monoisotopic (exact) mass is 170 g/mol. The highest BCUT2D eigenvalue weighted by molar-refractivity contribution is 7.09. The highest BCUT2D eigenvalue weighted by Crippen LogP contribution is 2.29. The Hall–Kier alpha value is -0.450. The molecule has 60 valence electrons. The van der Waals surface area contributed by atoms with Crippen molar-refractivity contribution in [2.45, 2.75) is 18.6 Å². The minimum atomic E-state index is 0.0995. The summed E-state index contributed by atoms with van der Waals surface area (Å²) in [5, 5.41) is 0. The number of hydrogen-bond donors (Lipinski definition) is 1. The van der Waals surface area contributed by atoms with Gasteiger partial charge in [-0.1, -0.05) is 0 Å². The highest BCUT2D eigenvalue weighted by Gasteiger charge is 2.27. The normalized spacial score (nSPS) is 31.0. The van der Waals surface area contributed by atoms with Crippen LogP contribution in [0.25, 0.3) is 0 Å². The molecular weight excluding hydrogens is 160 g/mol. The Morgan fingerprint density at radius 3 is 3.18 bits per heavy atom. The first-order valence-electron chi connectivity index (χ1n) is 3.63. The Balaban J connectivity index is 2.16. The molecule has 0 saturated carbocycles. The van der Waals surface area contributed by atoms with Gasteiger partial charge in [-0.15, -0.1) is 11.3 Å².